The van der Waals surface area contributed by atoms with E-state index in [1.165, 1.54) is 14.2 Å². The van der Waals surface area contributed by atoms with Crippen LogP contribution in [0.15, 0.2) is 65.1 Å². The number of hydrogen-bond donors (Lipinski definition) is 1. The number of benzene rings is 2. The van der Waals surface area contributed by atoms with Crippen LogP contribution in [0, 0.1) is 0 Å². The van der Waals surface area contributed by atoms with Gasteiger partial charge in [0.15, 0.2) is 6.61 Å². The van der Waals surface area contributed by atoms with Crippen LogP contribution < -0.4 is 14.8 Å². The summed E-state index contributed by atoms with van der Waals surface area (Å²) < 4.78 is 21.2. The van der Waals surface area contributed by atoms with Crippen molar-refractivity contribution in [3.63, 3.8) is 0 Å². The number of anilines is 1. The number of hydrogen-bond acceptors (Lipinski definition) is 6. The fraction of sp³-hybridized carbons (Fsp3) is 0.217. The molecule has 7 heteroatoms. The van der Waals surface area contributed by atoms with Gasteiger partial charge in [-0.1, -0.05) is 30.3 Å². The zero-order chi connectivity index (χ0) is 21.3. The molecular weight excluding hydrogens is 386 g/mol. The summed E-state index contributed by atoms with van der Waals surface area (Å²) in [6.45, 7) is -0.396. The summed E-state index contributed by atoms with van der Waals surface area (Å²) in [5, 5.41) is 2.65. The van der Waals surface area contributed by atoms with Gasteiger partial charge in [-0.25, -0.2) is 0 Å². The maximum absolute atomic E-state index is 12.1. The fourth-order valence-electron chi connectivity index (χ4n) is 2.81. The third-order valence-electron chi connectivity index (χ3n) is 4.34. The van der Waals surface area contributed by atoms with Crippen molar-refractivity contribution in [1.29, 1.82) is 0 Å². The van der Waals surface area contributed by atoms with Crippen LogP contribution in [0.4, 0.5) is 5.69 Å². The van der Waals surface area contributed by atoms with Gasteiger partial charge in [0.1, 0.15) is 23.0 Å². The van der Waals surface area contributed by atoms with E-state index in [0.29, 0.717) is 29.4 Å². The lowest BCUT2D eigenvalue weighted by molar-refractivity contribution is -0.147. The highest BCUT2D eigenvalue weighted by Gasteiger charge is 2.13. The second kappa shape index (κ2) is 10.2. The van der Waals surface area contributed by atoms with Crippen molar-refractivity contribution in [2.45, 2.75) is 12.8 Å². The predicted molar refractivity (Wildman–Crippen MR) is 112 cm³/mol. The highest BCUT2D eigenvalue weighted by Crippen LogP contribution is 2.28. The number of furan rings is 1. The topological polar surface area (TPSA) is 87.0 Å². The number of ether oxygens (including phenoxy) is 3. The number of esters is 1. The first-order valence-corrected chi connectivity index (χ1v) is 9.40. The maximum atomic E-state index is 12.1. The average Bonchev–Trinajstić information content (AvgIpc) is 3.26. The minimum atomic E-state index is -0.486. The van der Waals surface area contributed by atoms with Crippen LogP contribution in [0.25, 0.3) is 11.3 Å². The minimum absolute atomic E-state index is 0.109. The van der Waals surface area contributed by atoms with Crippen LogP contribution in [0.1, 0.15) is 12.2 Å². The average molecular weight is 409 g/mol. The Morgan fingerprint density at radius 2 is 1.77 bits per heavy atom. The number of carbonyl (C=O) groups is 2. The van der Waals surface area contributed by atoms with Crippen LogP contribution in [0.5, 0.6) is 11.5 Å². The largest absolute Gasteiger partial charge is 0.497 e. The normalized spacial score (nSPS) is 10.3. The molecule has 0 aliphatic heterocycles. The van der Waals surface area contributed by atoms with Gasteiger partial charge < -0.3 is 23.9 Å². The molecule has 1 N–H and O–H groups in total. The molecule has 3 rings (SSSR count). The van der Waals surface area contributed by atoms with Crippen molar-refractivity contribution >= 4 is 17.6 Å². The van der Waals surface area contributed by atoms with E-state index in [-0.39, 0.29) is 6.42 Å². The molecule has 0 atom stereocenters. The number of methoxy groups -OCH3 is 2. The lowest BCUT2D eigenvalue weighted by atomic mass is 10.2. The first-order chi connectivity index (χ1) is 14.6. The third kappa shape index (κ3) is 5.64. The number of nitrogens with one attached hydrogen (secondary N) is 1. The lowest BCUT2D eigenvalue weighted by Gasteiger charge is -2.11. The summed E-state index contributed by atoms with van der Waals surface area (Å²) in [5.41, 5.74) is 1.40. The highest BCUT2D eigenvalue weighted by molar-refractivity contribution is 5.94. The zero-order valence-electron chi connectivity index (χ0n) is 16.8. The molecule has 0 unspecified atom stereocenters. The van der Waals surface area contributed by atoms with E-state index in [4.69, 9.17) is 18.6 Å². The van der Waals surface area contributed by atoms with Gasteiger partial charge in [0.05, 0.1) is 26.3 Å². The first kappa shape index (κ1) is 21.0. The molecule has 3 aromatic rings. The molecule has 0 radical (unpaired) electrons. The molecule has 30 heavy (non-hydrogen) atoms. The van der Waals surface area contributed by atoms with Crippen molar-refractivity contribution < 1.29 is 28.2 Å². The Bertz CT molecular complexity index is 996. The van der Waals surface area contributed by atoms with Crippen molar-refractivity contribution in [3.8, 4) is 22.8 Å². The second-order valence-electron chi connectivity index (χ2n) is 6.41. The number of rotatable bonds is 9. The number of amides is 1. The number of aryl methyl sites for hydroxylation is 1. The van der Waals surface area contributed by atoms with E-state index in [0.717, 1.165) is 11.3 Å². The molecule has 2 aromatic carbocycles. The Balaban J connectivity index is 1.46. The zero-order valence-corrected chi connectivity index (χ0v) is 16.8. The molecule has 7 nitrogen and oxygen atoms in total. The van der Waals surface area contributed by atoms with Gasteiger partial charge in [0, 0.05) is 18.1 Å². The van der Waals surface area contributed by atoms with Crippen LogP contribution in [-0.4, -0.2) is 32.7 Å². The molecule has 0 fully saturated rings. The Hall–Kier alpha value is -3.74. The van der Waals surface area contributed by atoms with Gasteiger partial charge in [0.25, 0.3) is 5.91 Å². The Labute approximate surface area is 174 Å². The van der Waals surface area contributed by atoms with Gasteiger partial charge in [-0.05, 0) is 24.3 Å². The fourth-order valence-corrected chi connectivity index (χ4v) is 2.81. The van der Waals surface area contributed by atoms with Crippen molar-refractivity contribution in [3.05, 3.63) is 66.4 Å². The van der Waals surface area contributed by atoms with Crippen LogP contribution in [0.3, 0.4) is 0 Å². The maximum Gasteiger partial charge on any atom is 0.306 e. The Morgan fingerprint density at radius 3 is 2.50 bits per heavy atom. The summed E-state index contributed by atoms with van der Waals surface area (Å²) in [4.78, 5) is 24.1. The van der Waals surface area contributed by atoms with E-state index in [1.54, 1.807) is 18.2 Å². The molecule has 0 bridgehead atoms. The molecule has 0 aliphatic rings. The molecule has 1 aromatic heterocycles. The van der Waals surface area contributed by atoms with E-state index in [2.05, 4.69) is 5.32 Å². The lowest BCUT2D eigenvalue weighted by Crippen LogP contribution is -2.21. The van der Waals surface area contributed by atoms with Gasteiger partial charge in [-0.15, -0.1) is 0 Å². The summed E-state index contributed by atoms with van der Waals surface area (Å²) in [6.07, 6.45) is 0.495. The highest BCUT2D eigenvalue weighted by atomic mass is 16.5. The standard InChI is InChI=1S/C23H23NO6/c1-27-18-9-12-21(28-2)19(14-18)24-22(25)15-29-23(26)13-10-17-8-11-20(30-17)16-6-4-3-5-7-16/h3-9,11-12,14H,10,13,15H2,1-2H3,(H,24,25). The number of carbonyl (C=O) groups excluding carboxylic acids is 2. The molecule has 0 aliphatic carbocycles. The summed E-state index contributed by atoms with van der Waals surface area (Å²) in [6, 6.07) is 18.4. The predicted octanol–water partition coefficient (Wildman–Crippen LogP) is 4.08. The van der Waals surface area contributed by atoms with Crippen LogP contribution >= 0.6 is 0 Å². The van der Waals surface area contributed by atoms with Gasteiger partial charge in [-0.3, -0.25) is 9.59 Å². The van der Waals surface area contributed by atoms with E-state index in [1.807, 2.05) is 42.5 Å². The van der Waals surface area contributed by atoms with Crippen LogP contribution in [0.2, 0.25) is 0 Å². The van der Waals surface area contributed by atoms with Crippen molar-refractivity contribution in [1.82, 2.24) is 0 Å². The SMILES string of the molecule is COc1ccc(OC)c(NC(=O)COC(=O)CCc2ccc(-c3ccccc3)o2)c1. The monoisotopic (exact) mass is 409 g/mol. The van der Waals surface area contributed by atoms with Gasteiger partial charge >= 0.3 is 5.97 Å². The minimum Gasteiger partial charge on any atom is -0.497 e. The van der Waals surface area contributed by atoms with Gasteiger partial charge in [-0.2, -0.15) is 0 Å². The third-order valence-corrected chi connectivity index (χ3v) is 4.34. The summed E-state index contributed by atoms with van der Waals surface area (Å²) in [5.74, 6) is 1.50. The van der Waals surface area contributed by atoms with Crippen molar-refractivity contribution in [2.24, 2.45) is 0 Å². The molecule has 0 saturated carbocycles. The van der Waals surface area contributed by atoms with Crippen LogP contribution in [-0.2, 0) is 20.7 Å². The molecule has 0 spiro atoms. The Morgan fingerprint density at radius 1 is 0.967 bits per heavy atom. The Kier molecular flexibility index (Phi) is 7.10. The molecular formula is C23H23NO6. The summed E-state index contributed by atoms with van der Waals surface area (Å²) >= 11 is 0. The smallest absolute Gasteiger partial charge is 0.306 e. The van der Waals surface area contributed by atoms with E-state index >= 15 is 0 Å². The quantitative estimate of drug-likeness (QED) is 0.536. The van der Waals surface area contributed by atoms with E-state index in [9.17, 15) is 9.59 Å². The molecule has 0 saturated heterocycles. The molecule has 1 amide bonds. The molecule has 1 heterocycles. The summed E-state index contributed by atoms with van der Waals surface area (Å²) in [7, 11) is 3.02. The molecule has 156 valence electrons. The van der Waals surface area contributed by atoms with Crippen molar-refractivity contribution in [2.75, 3.05) is 26.1 Å². The van der Waals surface area contributed by atoms with E-state index < -0.39 is 18.5 Å². The first-order valence-electron chi connectivity index (χ1n) is 9.40. The second-order valence-corrected chi connectivity index (χ2v) is 6.41. The van der Waals surface area contributed by atoms with Gasteiger partial charge in [0.2, 0.25) is 0 Å².